The van der Waals surface area contributed by atoms with E-state index in [1.165, 1.54) is 15.8 Å². The van der Waals surface area contributed by atoms with Gasteiger partial charge in [0.15, 0.2) is 6.10 Å². The van der Waals surface area contributed by atoms with E-state index in [0.29, 0.717) is 30.8 Å². The highest BCUT2D eigenvalue weighted by Crippen LogP contribution is 2.38. The summed E-state index contributed by atoms with van der Waals surface area (Å²) in [5.74, 6) is -2.37. The average molecular weight is 737 g/mol. The van der Waals surface area contributed by atoms with Crippen LogP contribution in [0.15, 0.2) is 48.7 Å². The van der Waals surface area contributed by atoms with Gasteiger partial charge in [-0.05, 0) is 75.0 Å². The van der Waals surface area contributed by atoms with Crippen LogP contribution in [-0.2, 0) is 20.0 Å². The number of nitrogens with two attached hydrogens (primary N) is 1. The second kappa shape index (κ2) is 15.5. The van der Waals surface area contributed by atoms with Gasteiger partial charge < -0.3 is 31.5 Å². The highest BCUT2D eigenvalue weighted by molar-refractivity contribution is 6.23. The van der Waals surface area contributed by atoms with Gasteiger partial charge in [0.25, 0.3) is 11.8 Å². The zero-order valence-electron chi connectivity index (χ0n) is 29.7. The molecule has 1 unspecified atom stereocenters. The molecule has 3 fully saturated rings. The summed E-state index contributed by atoms with van der Waals surface area (Å²) in [4.78, 5) is 57.1. The van der Waals surface area contributed by atoms with Crippen molar-refractivity contribution >= 4 is 46.2 Å². The summed E-state index contributed by atoms with van der Waals surface area (Å²) >= 11 is 6.89. The number of nitrogens with zero attached hydrogens (tertiary/aromatic N) is 5. The maximum absolute atomic E-state index is 14.9. The molecule has 1 saturated carbocycles. The maximum Gasteiger partial charge on any atom is 0.260 e. The van der Waals surface area contributed by atoms with Gasteiger partial charge in [-0.3, -0.25) is 19.2 Å². The van der Waals surface area contributed by atoms with Gasteiger partial charge in [-0.1, -0.05) is 67.6 Å². The Morgan fingerprint density at radius 2 is 1.79 bits per heavy atom. The number of rotatable bonds is 11. The molecule has 1 aromatic heterocycles. The van der Waals surface area contributed by atoms with Crippen molar-refractivity contribution in [2.75, 3.05) is 19.6 Å². The topological polar surface area (TPSA) is 196 Å². The lowest BCUT2D eigenvalue weighted by Crippen LogP contribution is -2.65. The lowest BCUT2D eigenvalue weighted by Gasteiger charge is -2.45. The van der Waals surface area contributed by atoms with Crippen molar-refractivity contribution in [1.82, 2.24) is 34.9 Å². The molecule has 2 saturated heterocycles. The van der Waals surface area contributed by atoms with Crippen LogP contribution >= 0.6 is 11.8 Å². The molecule has 14 nitrogen and oxygen atoms in total. The van der Waals surface area contributed by atoms with Crippen LogP contribution in [0.5, 0.6) is 0 Å². The minimum atomic E-state index is -1.75. The normalized spacial score (nSPS) is 22.1. The molecule has 15 heteroatoms. The van der Waals surface area contributed by atoms with Gasteiger partial charge in [0.2, 0.25) is 11.8 Å². The number of piperidine rings is 1. The third kappa shape index (κ3) is 7.66. The van der Waals surface area contributed by atoms with E-state index in [4.69, 9.17) is 17.5 Å². The van der Waals surface area contributed by atoms with Crippen LogP contribution in [0, 0.1) is 5.92 Å². The molecule has 280 valence electrons. The molecule has 0 radical (unpaired) electrons. The Morgan fingerprint density at radius 3 is 2.46 bits per heavy atom. The monoisotopic (exact) mass is 736 g/mol. The average Bonchev–Trinajstić information content (AvgIpc) is 3.82. The Hall–Kier alpha value is -4.11. The van der Waals surface area contributed by atoms with E-state index in [2.05, 4.69) is 20.9 Å². The number of halogens is 1. The molecule has 3 heterocycles. The standard InChI is InChI=1S/C37H49ClN8O6/c1-36(2,52)30-21-41-43-45(30)27-20-29(35(51)46(38)37(31(47)32(39)48)14-16-40-17-15-37)44(22-27)34(50)28(18-23-8-4-3-5-9-23)42-33(49)26-13-12-24-10-6-7-11-25(24)19-26/h6-7,10-13,19,21,23,27-29,31,40,47,52H,3-5,8-9,14-18,20,22H2,1-2H3,(H2,39,48)(H,42,49)/t27-,28+,29-,31?/m0/s1. The Bertz CT molecular complexity index is 1780. The SMILES string of the molecule is CC(C)(O)c1cnnn1[C@H]1C[C@@H](C(=O)N(Cl)C2(C(O)C(N)=O)CCNCC2)N(C(=O)[C@@H](CC2CCCCC2)NC(=O)c2ccc3ccccc3c2)C1. The fourth-order valence-corrected chi connectivity index (χ4v) is 8.60. The molecular formula is C37H49ClN8O6. The van der Waals surface area contributed by atoms with Crippen molar-refractivity contribution in [3.63, 3.8) is 0 Å². The molecule has 2 aromatic carbocycles. The van der Waals surface area contributed by atoms with E-state index in [1.807, 2.05) is 30.3 Å². The maximum atomic E-state index is 14.9. The van der Waals surface area contributed by atoms with Gasteiger partial charge in [0.1, 0.15) is 17.7 Å². The fourth-order valence-electron chi connectivity index (χ4n) is 8.22. The number of hydrogen-bond acceptors (Lipinski definition) is 9. The number of aromatic nitrogens is 3. The van der Waals surface area contributed by atoms with Crippen molar-refractivity contribution in [3.05, 3.63) is 59.9 Å². The van der Waals surface area contributed by atoms with E-state index in [-0.39, 0.29) is 31.7 Å². The lowest BCUT2D eigenvalue weighted by atomic mass is 9.82. The molecule has 3 aliphatic rings. The predicted octanol–water partition coefficient (Wildman–Crippen LogP) is 2.52. The third-order valence-corrected chi connectivity index (χ3v) is 11.6. The number of nitrogens with one attached hydrogen (secondary N) is 2. The number of likely N-dealkylation sites (tertiary alicyclic amines) is 1. The molecule has 6 N–H and O–H groups in total. The number of carbonyl (C=O) groups excluding carboxylic acids is 4. The second-order valence-electron chi connectivity index (χ2n) is 15.1. The molecule has 4 amide bonds. The fraction of sp³-hybridized carbons (Fsp3) is 0.568. The number of aliphatic hydroxyl groups excluding tert-OH is 1. The summed E-state index contributed by atoms with van der Waals surface area (Å²) in [5.41, 5.74) is 3.52. The summed E-state index contributed by atoms with van der Waals surface area (Å²) in [5, 5.41) is 38.3. The number of fused-ring (bicyclic) bond motifs is 1. The minimum absolute atomic E-state index is 0.00630. The first-order chi connectivity index (χ1) is 24.8. The van der Waals surface area contributed by atoms with Crippen molar-refractivity contribution in [2.45, 2.75) is 107 Å². The Labute approximate surface area is 308 Å². The van der Waals surface area contributed by atoms with E-state index in [0.717, 1.165) is 47.3 Å². The summed E-state index contributed by atoms with van der Waals surface area (Å²) < 4.78 is 2.40. The van der Waals surface area contributed by atoms with Crippen molar-refractivity contribution < 1.29 is 29.4 Å². The van der Waals surface area contributed by atoms with E-state index in [1.54, 1.807) is 26.0 Å². The van der Waals surface area contributed by atoms with Crippen molar-refractivity contribution in [2.24, 2.45) is 11.7 Å². The van der Waals surface area contributed by atoms with Crippen LogP contribution in [0.4, 0.5) is 0 Å². The molecule has 4 atom stereocenters. The van der Waals surface area contributed by atoms with Gasteiger partial charge in [-0.2, -0.15) is 0 Å². The summed E-state index contributed by atoms with van der Waals surface area (Å²) in [7, 11) is 0. The van der Waals surface area contributed by atoms with Crippen LogP contribution in [0.25, 0.3) is 10.8 Å². The van der Waals surface area contributed by atoms with Crippen LogP contribution in [0.2, 0.25) is 0 Å². The first-order valence-electron chi connectivity index (χ1n) is 18.2. The van der Waals surface area contributed by atoms with E-state index < -0.39 is 59.0 Å². The Balaban J connectivity index is 1.35. The molecule has 0 spiro atoms. The number of aliphatic hydroxyl groups is 2. The largest absolute Gasteiger partial charge is 0.384 e. The molecular weight excluding hydrogens is 688 g/mol. The number of hydrogen-bond donors (Lipinski definition) is 5. The Morgan fingerprint density at radius 1 is 1.10 bits per heavy atom. The van der Waals surface area contributed by atoms with E-state index in [9.17, 15) is 29.4 Å². The summed E-state index contributed by atoms with van der Waals surface area (Å²) in [6, 6.07) is 10.4. The van der Waals surface area contributed by atoms with Crippen LogP contribution < -0.4 is 16.4 Å². The van der Waals surface area contributed by atoms with Crippen molar-refractivity contribution in [1.29, 1.82) is 0 Å². The van der Waals surface area contributed by atoms with Crippen LogP contribution in [0.3, 0.4) is 0 Å². The summed E-state index contributed by atoms with van der Waals surface area (Å²) in [6.07, 6.45) is 5.44. The molecule has 52 heavy (non-hydrogen) atoms. The van der Waals surface area contributed by atoms with Gasteiger partial charge in [-0.15, -0.1) is 5.10 Å². The van der Waals surface area contributed by atoms with Crippen LogP contribution in [-0.4, -0.2) is 102 Å². The summed E-state index contributed by atoms with van der Waals surface area (Å²) in [6.45, 7) is 3.94. The van der Waals surface area contributed by atoms with Crippen molar-refractivity contribution in [3.8, 4) is 0 Å². The molecule has 6 rings (SSSR count). The second-order valence-corrected chi connectivity index (χ2v) is 15.5. The highest BCUT2D eigenvalue weighted by atomic mass is 35.5. The minimum Gasteiger partial charge on any atom is -0.384 e. The highest BCUT2D eigenvalue weighted by Gasteiger charge is 2.53. The predicted molar refractivity (Wildman–Crippen MR) is 194 cm³/mol. The van der Waals surface area contributed by atoms with Gasteiger partial charge >= 0.3 is 0 Å². The number of benzene rings is 2. The quantitative estimate of drug-likeness (QED) is 0.184. The first kappa shape index (κ1) is 37.6. The molecule has 3 aromatic rings. The van der Waals surface area contributed by atoms with Gasteiger partial charge in [0.05, 0.1) is 23.5 Å². The smallest absolute Gasteiger partial charge is 0.260 e. The van der Waals surface area contributed by atoms with E-state index >= 15 is 0 Å². The Kier molecular flexibility index (Phi) is 11.2. The third-order valence-electron chi connectivity index (χ3n) is 11.1. The number of amides is 4. The number of carbonyl (C=O) groups is 4. The zero-order valence-corrected chi connectivity index (χ0v) is 30.5. The van der Waals surface area contributed by atoms with Crippen LogP contribution in [0.1, 0.15) is 93.7 Å². The van der Waals surface area contributed by atoms with Gasteiger partial charge in [0, 0.05) is 30.3 Å². The number of primary amides is 1. The molecule has 0 bridgehead atoms. The zero-order chi connectivity index (χ0) is 37.2. The molecule has 2 aliphatic heterocycles. The lowest BCUT2D eigenvalue weighted by molar-refractivity contribution is -0.150. The van der Waals surface area contributed by atoms with Gasteiger partial charge in [-0.25, -0.2) is 9.10 Å². The molecule has 1 aliphatic carbocycles. The first-order valence-corrected chi connectivity index (χ1v) is 18.5.